The molecular formula is C9H9ClFNO2. The molecule has 2 N–H and O–H groups in total. The van der Waals surface area contributed by atoms with Gasteiger partial charge in [-0.2, -0.15) is 0 Å². The summed E-state index contributed by atoms with van der Waals surface area (Å²) in [5.41, 5.74) is 5.26. The average Bonchev–Trinajstić information content (AvgIpc) is 2.14. The van der Waals surface area contributed by atoms with Gasteiger partial charge in [0.15, 0.2) is 0 Å². The van der Waals surface area contributed by atoms with Crippen LogP contribution in [0.4, 0.5) is 4.39 Å². The molecule has 0 aliphatic carbocycles. The third kappa shape index (κ3) is 2.60. The van der Waals surface area contributed by atoms with E-state index in [1.54, 1.807) is 0 Å². The van der Waals surface area contributed by atoms with E-state index in [-0.39, 0.29) is 17.2 Å². The van der Waals surface area contributed by atoms with Gasteiger partial charge in [-0.25, -0.2) is 4.39 Å². The quantitative estimate of drug-likeness (QED) is 0.836. The Bertz CT molecular complexity index is 344. The summed E-state index contributed by atoms with van der Waals surface area (Å²) < 4.78 is 16.7. The molecule has 0 saturated heterocycles. The number of nitrogens with two attached hydrogens (primary N) is 1. The van der Waals surface area contributed by atoms with Gasteiger partial charge < -0.3 is 10.5 Å². The number of rotatable bonds is 4. The van der Waals surface area contributed by atoms with Gasteiger partial charge in [0.05, 0.1) is 10.6 Å². The SMILES string of the molecule is NC(=O)c1ccc(OCCF)cc1Cl. The van der Waals surface area contributed by atoms with E-state index < -0.39 is 12.6 Å². The molecule has 14 heavy (non-hydrogen) atoms. The molecule has 1 amide bonds. The van der Waals surface area contributed by atoms with E-state index in [2.05, 4.69) is 0 Å². The summed E-state index contributed by atoms with van der Waals surface area (Å²) in [6.45, 7) is -0.610. The second-order valence-electron chi connectivity index (χ2n) is 2.54. The lowest BCUT2D eigenvalue weighted by Crippen LogP contribution is -2.11. The van der Waals surface area contributed by atoms with E-state index >= 15 is 0 Å². The predicted octanol–water partition coefficient (Wildman–Crippen LogP) is 1.79. The molecule has 0 radical (unpaired) electrons. The topological polar surface area (TPSA) is 52.3 Å². The first-order chi connectivity index (χ1) is 6.65. The smallest absolute Gasteiger partial charge is 0.250 e. The summed E-state index contributed by atoms with van der Waals surface area (Å²) in [7, 11) is 0. The standard InChI is InChI=1S/C9H9ClFNO2/c10-8-5-6(14-4-3-11)1-2-7(8)9(12)13/h1-2,5H,3-4H2,(H2,12,13). The molecule has 0 atom stereocenters. The van der Waals surface area contributed by atoms with Crippen molar-refractivity contribution in [1.82, 2.24) is 0 Å². The number of carbonyl (C=O) groups excluding carboxylic acids is 1. The summed E-state index contributed by atoms with van der Waals surface area (Å²) >= 11 is 5.73. The Balaban J connectivity index is 2.83. The fourth-order valence-electron chi connectivity index (χ4n) is 0.942. The van der Waals surface area contributed by atoms with Crippen LogP contribution in [0.3, 0.4) is 0 Å². The number of alkyl halides is 1. The van der Waals surface area contributed by atoms with Gasteiger partial charge in [0.1, 0.15) is 19.0 Å². The minimum atomic E-state index is -0.605. The van der Waals surface area contributed by atoms with E-state index in [0.717, 1.165) is 0 Å². The average molecular weight is 218 g/mol. The van der Waals surface area contributed by atoms with Crippen LogP contribution in [-0.2, 0) is 0 Å². The Morgan fingerprint density at radius 2 is 2.29 bits per heavy atom. The Morgan fingerprint density at radius 3 is 2.79 bits per heavy atom. The van der Waals surface area contributed by atoms with Crippen molar-refractivity contribution in [2.75, 3.05) is 13.3 Å². The summed E-state index contributed by atoms with van der Waals surface area (Å²) in [6, 6.07) is 4.39. The zero-order valence-corrected chi connectivity index (χ0v) is 8.05. The van der Waals surface area contributed by atoms with Crippen LogP contribution in [0, 0.1) is 0 Å². The largest absolute Gasteiger partial charge is 0.491 e. The molecule has 76 valence electrons. The molecule has 0 spiro atoms. The van der Waals surface area contributed by atoms with E-state index in [9.17, 15) is 9.18 Å². The van der Waals surface area contributed by atoms with Crippen LogP contribution in [0.5, 0.6) is 5.75 Å². The molecule has 0 saturated carbocycles. The van der Waals surface area contributed by atoms with Crippen molar-refractivity contribution in [3.63, 3.8) is 0 Å². The summed E-state index contributed by atoms with van der Waals surface area (Å²) in [5, 5.41) is 0.203. The maximum Gasteiger partial charge on any atom is 0.250 e. The lowest BCUT2D eigenvalue weighted by molar-refractivity contribution is 0.100. The zero-order chi connectivity index (χ0) is 10.6. The first-order valence-corrected chi connectivity index (χ1v) is 4.31. The number of hydrogen-bond donors (Lipinski definition) is 1. The molecule has 1 rings (SSSR count). The summed E-state index contributed by atoms with van der Waals surface area (Å²) in [6.07, 6.45) is 0. The van der Waals surface area contributed by atoms with E-state index in [1.165, 1.54) is 18.2 Å². The fourth-order valence-corrected chi connectivity index (χ4v) is 1.21. The van der Waals surface area contributed by atoms with Gasteiger partial charge in [-0.15, -0.1) is 0 Å². The number of amides is 1. The Hall–Kier alpha value is -1.29. The van der Waals surface area contributed by atoms with Crippen LogP contribution < -0.4 is 10.5 Å². The second-order valence-corrected chi connectivity index (χ2v) is 2.95. The highest BCUT2D eigenvalue weighted by atomic mass is 35.5. The molecule has 1 aromatic carbocycles. The van der Waals surface area contributed by atoms with Crippen LogP contribution in [0.25, 0.3) is 0 Å². The van der Waals surface area contributed by atoms with Crippen LogP contribution in [0.2, 0.25) is 5.02 Å². The van der Waals surface area contributed by atoms with Gasteiger partial charge in [0, 0.05) is 0 Å². The van der Waals surface area contributed by atoms with Gasteiger partial charge >= 0.3 is 0 Å². The first-order valence-electron chi connectivity index (χ1n) is 3.93. The summed E-state index contributed by atoms with van der Waals surface area (Å²) in [4.78, 5) is 10.8. The minimum Gasteiger partial charge on any atom is -0.491 e. The first kappa shape index (κ1) is 10.8. The zero-order valence-electron chi connectivity index (χ0n) is 7.30. The van der Waals surface area contributed by atoms with Gasteiger partial charge in [0.2, 0.25) is 5.91 Å². The number of ether oxygens (including phenoxy) is 1. The molecule has 0 aliphatic heterocycles. The molecule has 3 nitrogen and oxygen atoms in total. The van der Waals surface area contributed by atoms with Crippen molar-refractivity contribution in [3.8, 4) is 5.75 Å². The number of benzene rings is 1. The third-order valence-electron chi connectivity index (χ3n) is 1.55. The van der Waals surface area contributed by atoms with E-state index in [4.69, 9.17) is 22.1 Å². The highest BCUT2D eigenvalue weighted by Gasteiger charge is 2.07. The molecule has 0 heterocycles. The second kappa shape index (κ2) is 4.81. The Labute approximate surface area is 85.6 Å². The van der Waals surface area contributed by atoms with Crippen molar-refractivity contribution in [1.29, 1.82) is 0 Å². The number of primary amides is 1. The molecule has 0 aliphatic rings. The highest BCUT2D eigenvalue weighted by Crippen LogP contribution is 2.22. The highest BCUT2D eigenvalue weighted by molar-refractivity contribution is 6.33. The van der Waals surface area contributed by atoms with Crippen molar-refractivity contribution in [2.24, 2.45) is 5.73 Å². The van der Waals surface area contributed by atoms with Crippen molar-refractivity contribution in [3.05, 3.63) is 28.8 Å². The monoisotopic (exact) mass is 217 g/mol. The van der Waals surface area contributed by atoms with Gasteiger partial charge in [-0.05, 0) is 18.2 Å². The molecule has 0 bridgehead atoms. The molecule has 0 unspecified atom stereocenters. The molecular weight excluding hydrogens is 209 g/mol. The maximum atomic E-state index is 11.8. The normalized spacial score (nSPS) is 9.86. The number of hydrogen-bond acceptors (Lipinski definition) is 2. The van der Waals surface area contributed by atoms with Crippen molar-refractivity contribution in [2.45, 2.75) is 0 Å². The van der Waals surface area contributed by atoms with Crippen LogP contribution in [0.15, 0.2) is 18.2 Å². The summed E-state index contributed by atoms with van der Waals surface area (Å²) in [5.74, 6) is -0.190. The Kier molecular flexibility index (Phi) is 3.71. The van der Waals surface area contributed by atoms with Crippen LogP contribution >= 0.6 is 11.6 Å². The van der Waals surface area contributed by atoms with Crippen molar-refractivity contribution >= 4 is 17.5 Å². The van der Waals surface area contributed by atoms with Crippen molar-refractivity contribution < 1.29 is 13.9 Å². The number of halogens is 2. The molecule has 0 aromatic heterocycles. The lowest BCUT2D eigenvalue weighted by Gasteiger charge is -2.05. The molecule has 0 fully saturated rings. The fraction of sp³-hybridized carbons (Fsp3) is 0.222. The third-order valence-corrected chi connectivity index (χ3v) is 1.86. The maximum absolute atomic E-state index is 11.8. The van der Waals surface area contributed by atoms with Gasteiger partial charge in [-0.3, -0.25) is 4.79 Å². The lowest BCUT2D eigenvalue weighted by atomic mass is 10.2. The van der Waals surface area contributed by atoms with Gasteiger partial charge in [-0.1, -0.05) is 11.6 Å². The predicted molar refractivity (Wildman–Crippen MR) is 51.4 cm³/mol. The van der Waals surface area contributed by atoms with E-state index in [1.807, 2.05) is 0 Å². The number of carbonyl (C=O) groups is 1. The van der Waals surface area contributed by atoms with E-state index in [0.29, 0.717) is 5.75 Å². The van der Waals surface area contributed by atoms with Crippen LogP contribution in [-0.4, -0.2) is 19.2 Å². The van der Waals surface area contributed by atoms with Crippen LogP contribution in [0.1, 0.15) is 10.4 Å². The van der Waals surface area contributed by atoms with Gasteiger partial charge in [0.25, 0.3) is 0 Å². The molecule has 1 aromatic rings. The minimum absolute atomic E-state index is 0.0355. The molecule has 5 heteroatoms. The Morgan fingerprint density at radius 1 is 1.57 bits per heavy atom.